The molecule has 1 aliphatic heterocycles. The first-order chi connectivity index (χ1) is 16.5. The molecule has 178 valence electrons. The summed E-state index contributed by atoms with van der Waals surface area (Å²) in [6.45, 7) is 0.422. The summed E-state index contributed by atoms with van der Waals surface area (Å²) in [5.41, 5.74) is 0.765. The third kappa shape index (κ3) is 3.47. The Morgan fingerprint density at radius 3 is 2.85 bits per heavy atom. The number of anilines is 3. The van der Waals surface area contributed by atoms with Gasteiger partial charge in [0.1, 0.15) is 35.2 Å². The average molecular weight is 468 g/mol. The molecule has 10 nitrogen and oxygen atoms in total. The van der Waals surface area contributed by atoms with Gasteiger partial charge >= 0.3 is 0 Å². The molecule has 0 radical (unpaired) electrons. The van der Waals surface area contributed by atoms with E-state index < -0.39 is 5.82 Å². The van der Waals surface area contributed by atoms with Gasteiger partial charge < -0.3 is 30.2 Å². The Bertz CT molecular complexity index is 1290. The summed E-state index contributed by atoms with van der Waals surface area (Å²) in [6.07, 6.45) is 5.07. The molecule has 11 heteroatoms. The minimum absolute atomic E-state index is 0.0139. The number of carbonyl (C=O) groups excluding carboxylic acids is 1. The molecule has 1 aromatic carbocycles. The average Bonchev–Trinajstić information content (AvgIpc) is 3.40. The zero-order valence-corrected chi connectivity index (χ0v) is 18.9. The van der Waals surface area contributed by atoms with Crippen molar-refractivity contribution < 1.29 is 23.4 Å². The number of carbonyl (C=O) groups is 1. The highest BCUT2D eigenvalue weighted by Gasteiger charge is 2.49. The Balaban J connectivity index is 1.33. The molecule has 2 saturated carbocycles. The molecule has 2 atom stereocenters. The largest absolute Gasteiger partial charge is 0.483 e. The van der Waals surface area contributed by atoms with Crippen LogP contribution in [-0.2, 0) is 4.74 Å². The smallest absolute Gasteiger partial charge is 0.257 e. The predicted molar refractivity (Wildman–Crippen MR) is 122 cm³/mol. The maximum absolute atomic E-state index is 14.4. The van der Waals surface area contributed by atoms with Gasteiger partial charge in [-0.2, -0.15) is 9.61 Å². The molecule has 34 heavy (non-hydrogen) atoms. The Labute approximate surface area is 194 Å². The molecule has 0 bridgehead atoms. The minimum Gasteiger partial charge on any atom is -0.483 e. The summed E-state index contributed by atoms with van der Waals surface area (Å²) < 4.78 is 33.2. The molecule has 0 saturated heterocycles. The van der Waals surface area contributed by atoms with Crippen LogP contribution in [0.15, 0.2) is 24.4 Å². The second-order valence-corrected chi connectivity index (χ2v) is 8.98. The minimum atomic E-state index is -0.449. The van der Waals surface area contributed by atoms with Gasteiger partial charge in [-0.05, 0) is 25.7 Å². The van der Waals surface area contributed by atoms with E-state index in [-0.39, 0.29) is 23.7 Å². The molecule has 2 aliphatic carbocycles. The summed E-state index contributed by atoms with van der Waals surface area (Å²) in [4.78, 5) is 17.6. The number of hydrogen-bond donors (Lipinski definition) is 3. The summed E-state index contributed by atoms with van der Waals surface area (Å²) >= 11 is 0. The fourth-order valence-corrected chi connectivity index (χ4v) is 4.40. The third-order valence-electron chi connectivity index (χ3n) is 6.70. The molecule has 3 aliphatic rings. The highest BCUT2D eigenvalue weighted by Crippen LogP contribution is 2.50. The zero-order valence-electron chi connectivity index (χ0n) is 18.9. The van der Waals surface area contributed by atoms with Crippen molar-refractivity contribution in [2.24, 2.45) is 0 Å². The molecule has 2 aromatic heterocycles. The normalized spacial score (nSPS) is 21.7. The van der Waals surface area contributed by atoms with Crippen LogP contribution in [0.1, 0.15) is 36.0 Å². The van der Waals surface area contributed by atoms with E-state index in [1.807, 2.05) is 0 Å². The second-order valence-electron chi connectivity index (χ2n) is 8.98. The summed E-state index contributed by atoms with van der Waals surface area (Å²) in [5, 5.41) is 13.5. The maximum atomic E-state index is 14.4. The molecular weight excluding hydrogens is 443 g/mol. The van der Waals surface area contributed by atoms with Gasteiger partial charge in [-0.1, -0.05) is 0 Å². The van der Waals surface area contributed by atoms with Crippen LogP contribution in [0.2, 0.25) is 0 Å². The number of nitrogens with one attached hydrogen (secondary N) is 3. The first kappa shape index (κ1) is 21.0. The molecule has 3 N–H and O–H groups in total. The van der Waals surface area contributed by atoms with E-state index in [2.05, 4.69) is 26.0 Å². The Morgan fingerprint density at radius 2 is 2.15 bits per heavy atom. The van der Waals surface area contributed by atoms with Crippen LogP contribution >= 0.6 is 0 Å². The Kier molecular flexibility index (Phi) is 4.76. The number of ether oxygens (including phenoxy) is 3. The topological polar surface area (TPSA) is 111 Å². The number of methoxy groups -OCH3 is 1. The Morgan fingerprint density at radius 1 is 1.29 bits per heavy atom. The number of benzene rings is 1. The van der Waals surface area contributed by atoms with Crippen LogP contribution in [0, 0.1) is 5.82 Å². The molecular formula is C23H25FN6O4. The molecule has 1 spiro atoms. The van der Waals surface area contributed by atoms with Crippen molar-refractivity contribution in [3.63, 3.8) is 0 Å². The van der Waals surface area contributed by atoms with Gasteiger partial charge in [0.15, 0.2) is 17.1 Å². The van der Waals surface area contributed by atoms with Gasteiger partial charge in [0.25, 0.3) is 5.91 Å². The summed E-state index contributed by atoms with van der Waals surface area (Å²) in [7, 11) is 3.38. The molecule has 6 rings (SSSR count). The number of hydrogen-bond acceptors (Lipinski definition) is 8. The number of rotatable bonds is 6. The lowest BCUT2D eigenvalue weighted by Crippen LogP contribution is -2.51. The Hall–Kier alpha value is -3.60. The van der Waals surface area contributed by atoms with Gasteiger partial charge in [-0.3, -0.25) is 4.79 Å². The highest BCUT2D eigenvalue weighted by atomic mass is 19.1. The van der Waals surface area contributed by atoms with E-state index >= 15 is 0 Å². The monoisotopic (exact) mass is 468 g/mol. The summed E-state index contributed by atoms with van der Waals surface area (Å²) in [5.74, 6) is 1.09. The summed E-state index contributed by atoms with van der Waals surface area (Å²) in [6, 6.07) is 4.35. The van der Waals surface area contributed by atoms with Gasteiger partial charge in [0, 0.05) is 32.4 Å². The molecule has 3 aromatic rings. The van der Waals surface area contributed by atoms with E-state index in [9.17, 15) is 9.18 Å². The number of halogens is 1. The van der Waals surface area contributed by atoms with E-state index in [1.165, 1.54) is 18.3 Å². The van der Waals surface area contributed by atoms with Crippen molar-refractivity contribution in [1.82, 2.24) is 19.9 Å². The van der Waals surface area contributed by atoms with E-state index in [0.29, 0.717) is 46.6 Å². The first-order valence-electron chi connectivity index (χ1n) is 11.3. The van der Waals surface area contributed by atoms with E-state index in [4.69, 9.17) is 14.2 Å². The van der Waals surface area contributed by atoms with Crippen molar-refractivity contribution in [3.05, 3.63) is 35.8 Å². The zero-order chi connectivity index (χ0) is 23.4. The van der Waals surface area contributed by atoms with E-state index in [0.717, 1.165) is 25.7 Å². The maximum Gasteiger partial charge on any atom is 0.257 e. The second kappa shape index (κ2) is 7.73. The quantitative estimate of drug-likeness (QED) is 0.507. The lowest BCUT2D eigenvalue weighted by atomic mass is 9.89. The number of amides is 1. The fourth-order valence-electron chi connectivity index (χ4n) is 4.40. The van der Waals surface area contributed by atoms with Gasteiger partial charge in [0.05, 0.1) is 24.0 Å². The van der Waals surface area contributed by atoms with Crippen LogP contribution in [0.3, 0.4) is 0 Å². The van der Waals surface area contributed by atoms with Crippen LogP contribution < -0.4 is 25.4 Å². The molecule has 0 unspecified atom stereocenters. The van der Waals surface area contributed by atoms with Crippen LogP contribution in [0.4, 0.5) is 21.7 Å². The van der Waals surface area contributed by atoms with Gasteiger partial charge in [-0.25, -0.2) is 9.37 Å². The molecule has 2 fully saturated rings. The van der Waals surface area contributed by atoms with Crippen molar-refractivity contribution in [2.45, 2.75) is 43.4 Å². The van der Waals surface area contributed by atoms with Crippen LogP contribution in [-0.4, -0.2) is 59.0 Å². The molecule has 3 heterocycles. The van der Waals surface area contributed by atoms with Crippen LogP contribution in [0.25, 0.3) is 5.65 Å². The van der Waals surface area contributed by atoms with Crippen molar-refractivity contribution in [3.8, 4) is 11.5 Å². The number of fused-ring (bicyclic) bond motifs is 2. The standard InChI is InChI=1S/C23H25FN6O4/c1-25-19-9-18(27-15-7-12(24)8-17-20(15)33-11-23(34-17)5-6-23)29-21-13(10-26-30(19)21)22(31)28-14-3-4-16(14)32-2/h7-10,14,16,25H,3-6,11H2,1-2H3,(H,27,29)(H,28,31)/t14-,16-/m0/s1. The van der Waals surface area contributed by atoms with Gasteiger partial charge in [-0.15, -0.1) is 0 Å². The van der Waals surface area contributed by atoms with Gasteiger partial charge in [0.2, 0.25) is 0 Å². The van der Waals surface area contributed by atoms with Crippen molar-refractivity contribution >= 4 is 28.9 Å². The molecule has 1 amide bonds. The van der Waals surface area contributed by atoms with Crippen molar-refractivity contribution in [1.29, 1.82) is 0 Å². The fraction of sp³-hybridized carbons (Fsp3) is 0.435. The van der Waals surface area contributed by atoms with Crippen molar-refractivity contribution in [2.75, 3.05) is 31.4 Å². The lowest BCUT2D eigenvalue weighted by Gasteiger charge is -2.35. The number of nitrogens with zero attached hydrogens (tertiary/aromatic N) is 3. The number of aromatic nitrogens is 3. The van der Waals surface area contributed by atoms with Crippen LogP contribution in [0.5, 0.6) is 11.5 Å². The highest BCUT2D eigenvalue weighted by molar-refractivity contribution is 6.00. The van der Waals surface area contributed by atoms with E-state index in [1.54, 1.807) is 24.7 Å². The SMILES string of the molecule is CNc1cc(Nc2cc(F)cc3c2OCC2(CC2)O3)nc2c(C(=O)N[C@H]3CC[C@@H]3OC)cnn12. The first-order valence-corrected chi connectivity index (χ1v) is 11.3. The third-order valence-corrected chi connectivity index (χ3v) is 6.70. The predicted octanol–water partition coefficient (Wildman–Crippen LogP) is 2.86. The lowest BCUT2D eigenvalue weighted by molar-refractivity contribution is 0.00732.